The third-order valence-corrected chi connectivity index (χ3v) is 4.61. The van der Waals surface area contributed by atoms with Gasteiger partial charge in [0.2, 0.25) is 0 Å². The largest absolute Gasteiger partial charge is 0.321 e. The molecule has 4 heteroatoms. The number of anilines is 1. The maximum atomic E-state index is 13.5. The van der Waals surface area contributed by atoms with Crippen LogP contribution in [-0.4, -0.2) is 5.91 Å². The molecule has 0 fully saturated rings. The second-order valence-corrected chi connectivity index (χ2v) is 6.24. The van der Waals surface area contributed by atoms with Gasteiger partial charge in [0.15, 0.2) is 0 Å². The van der Waals surface area contributed by atoms with Gasteiger partial charge in [0.05, 0.1) is 0 Å². The van der Waals surface area contributed by atoms with Crippen molar-refractivity contribution in [3.05, 3.63) is 76.0 Å². The molecule has 0 radical (unpaired) electrons. The molecular weight excluding hydrogens is 357 g/mol. The first-order chi connectivity index (χ1) is 11.1. The third-order valence-electron chi connectivity index (χ3n) is 3.95. The molecule has 112 valence electrons. The van der Waals surface area contributed by atoms with E-state index in [-0.39, 0.29) is 11.7 Å². The Kier molecular flexibility index (Phi) is 3.27. The van der Waals surface area contributed by atoms with Gasteiger partial charge in [-0.15, -0.1) is 0 Å². The van der Waals surface area contributed by atoms with Crippen molar-refractivity contribution in [1.82, 2.24) is 0 Å². The van der Waals surface area contributed by atoms with Gasteiger partial charge in [-0.3, -0.25) is 4.79 Å². The van der Waals surface area contributed by atoms with Crippen LogP contribution in [0.5, 0.6) is 0 Å². The number of rotatable bonds is 1. The zero-order chi connectivity index (χ0) is 16.0. The molecule has 1 aromatic rings. The normalized spacial score (nSPS) is 15.0. The molecule has 1 N–H and O–H groups in total. The molecular formula is C19H11BrFNO. The van der Waals surface area contributed by atoms with Crippen molar-refractivity contribution in [3.8, 4) is 11.1 Å². The number of halogens is 2. The molecule has 0 aromatic heterocycles. The van der Waals surface area contributed by atoms with Crippen LogP contribution in [0.4, 0.5) is 10.1 Å². The molecule has 2 nitrogen and oxygen atoms in total. The van der Waals surface area contributed by atoms with Crippen LogP contribution in [0, 0.1) is 5.82 Å². The fourth-order valence-electron chi connectivity index (χ4n) is 2.88. The Balaban J connectivity index is 1.90. The maximum Gasteiger partial charge on any atom is 0.256 e. The third kappa shape index (κ3) is 2.35. The summed E-state index contributed by atoms with van der Waals surface area (Å²) in [6.07, 6.45) is 1.81. The number of nitrogens with one attached hydrogen (secondary N) is 1. The Morgan fingerprint density at radius 2 is 1.74 bits per heavy atom. The van der Waals surface area contributed by atoms with Crippen molar-refractivity contribution in [2.75, 3.05) is 5.32 Å². The Morgan fingerprint density at radius 1 is 0.957 bits per heavy atom. The molecule has 3 aliphatic rings. The van der Waals surface area contributed by atoms with Crippen molar-refractivity contribution >= 4 is 39.2 Å². The van der Waals surface area contributed by atoms with Crippen molar-refractivity contribution in [2.45, 2.75) is 0 Å². The highest BCUT2D eigenvalue weighted by Crippen LogP contribution is 2.39. The quantitative estimate of drug-likeness (QED) is 0.589. The molecule has 4 rings (SSSR count). The summed E-state index contributed by atoms with van der Waals surface area (Å²) in [6, 6.07) is 16.2. The lowest BCUT2D eigenvalue weighted by Gasteiger charge is -2.00. The molecule has 2 aliphatic carbocycles. The zero-order valence-corrected chi connectivity index (χ0v) is 13.5. The lowest BCUT2D eigenvalue weighted by atomic mass is 10.0. The summed E-state index contributed by atoms with van der Waals surface area (Å²) in [4.78, 5) is 12.2. The summed E-state index contributed by atoms with van der Waals surface area (Å²) in [5.74, 6) is -0.567. The van der Waals surface area contributed by atoms with Gasteiger partial charge < -0.3 is 5.32 Å². The van der Waals surface area contributed by atoms with Gasteiger partial charge in [0.25, 0.3) is 5.91 Å². The Labute approximate surface area is 141 Å². The number of amides is 1. The summed E-state index contributed by atoms with van der Waals surface area (Å²) < 4.78 is 14.5. The second kappa shape index (κ2) is 5.32. The Bertz CT molecular complexity index is 948. The number of carbonyl (C=O) groups excluding carboxylic acids is 1. The molecule has 0 bridgehead atoms. The predicted molar refractivity (Wildman–Crippen MR) is 93.7 cm³/mol. The fourth-order valence-corrected chi connectivity index (χ4v) is 3.47. The number of carbonyl (C=O) groups is 1. The molecule has 1 heterocycles. The maximum absolute atomic E-state index is 13.5. The number of hydrogen-bond donors (Lipinski definition) is 1. The SMILES string of the molecule is O=C1Nc2ccc(F)cc2C1=Cc1cc(Br)c2cccccc1-2. The van der Waals surface area contributed by atoms with Crippen LogP contribution in [0.2, 0.25) is 0 Å². The van der Waals surface area contributed by atoms with Crippen LogP contribution in [0.3, 0.4) is 0 Å². The van der Waals surface area contributed by atoms with Gasteiger partial charge in [-0.05, 0) is 47.0 Å². The van der Waals surface area contributed by atoms with Gasteiger partial charge in [-0.1, -0.05) is 46.3 Å². The van der Waals surface area contributed by atoms with E-state index in [1.807, 2.05) is 42.5 Å². The average molecular weight is 368 g/mol. The van der Waals surface area contributed by atoms with Crippen LogP contribution >= 0.6 is 15.9 Å². The minimum atomic E-state index is -0.355. The van der Waals surface area contributed by atoms with Gasteiger partial charge >= 0.3 is 0 Å². The zero-order valence-electron chi connectivity index (χ0n) is 11.9. The minimum Gasteiger partial charge on any atom is -0.321 e. The first kappa shape index (κ1) is 14.2. The molecule has 23 heavy (non-hydrogen) atoms. The van der Waals surface area contributed by atoms with E-state index in [1.165, 1.54) is 12.1 Å². The summed E-state index contributed by atoms with van der Waals surface area (Å²) in [5.41, 5.74) is 4.74. The van der Waals surface area contributed by atoms with Crippen LogP contribution in [0.15, 0.2) is 59.1 Å². The monoisotopic (exact) mass is 367 g/mol. The molecule has 0 saturated heterocycles. The van der Waals surface area contributed by atoms with Gasteiger partial charge in [0, 0.05) is 21.3 Å². The Morgan fingerprint density at radius 3 is 2.57 bits per heavy atom. The molecule has 1 aliphatic heterocycles. The van der Waals surface area contributed by atoms with E-state index < -0.39 is 0 Å². The number of hydrogen-bond acceptors (Lipinski definition) is 1. The van der Waals surface area contributed by atoms with E-state index in [1.54, 1.807) is 6.07 Å². The standard InChI is InChI=1S/C19H11BrFNO/c20-17-9-11(13-4-2-1-3-5-14(13)17)8-16-15-10-12(21)6-7-18(15)22-19(16)23/h1-10H,(H,22,23). The van der Waals surface area contributed by atoms with E-state index in [9.17, 15) is 9.18 Å². The van der Waals surface area contributed by atoms with Gasteiger partial charge in [0.1, 0.15) is 5.82 Å². The van der Waals surface area contributed by atoms with Gasteiger partial charge in [-0.2, -0.15) is 0 Å². The number of benzene rings is 1. The topological polar surface area (TPSA) is 29.1 Å². The van der Waals surface area contributed by atoms with Crippen LogP contribution < -0.4 is 5.32 Å². The first-order valence-electron chi connectivity index (χ1n) is 7.14. The van der Waals surface area contributed by atoms with E-state index in [0.29, 0.717) is 16.8 Å². The summed E-state index contributed by atoms with van der Waals surface area (Å²) in [6.45, 7) is 0. The highest BCUT2D eigenvalue weighted by molar-refractivity contribution is 9.10. The van der Waals surface area contributed by atoms with E-state index in [4.69, 9.17) is 0 Å². The summed E-state index contributed by atoms with van der Waals surface area (Å²) in [5, 5.41) is 2.77. The van der Waals surface area contributed by atoms with E-state index >= 15 is 0 Å². The highest BCUT2D eigenvalue weighted by atomic mass is 79.9. The van der Waals surface area contributed by atoms with Crippen molar-refractivity contribution in [3.63, 3.8) is 0 Å². The number of fused-ring (bicyclic) bond motifs is 2. The van der Waals surface area contributed by atoms with Crippen LogP contribution in [0.25, 0.3) is 22.8 Å². The smallest absolute Gasteiger partial charge is 0.256 e. The molecule has 0 atom stereocenters. The first-order valence-corrected chi connectivity index (χ1v) is 7.93. The van der Waals surface area contributed by atoms with Gasteiger partial charge in [-0.25, -0.2) is 4.39 Å². The predicted octanol–water partition coefficient (Wildman–Crippen LogP) is 5.19. The Hall–Kier alpha value is -2.46. The summed E-state index contributed by atoms with van der Waals surface area (Å²) >= 11 is 3.56. The average Bonchev–Trinajstić information content (AvgIpc) is 2.86. The highest BCUT2D eigenvalue weighted by Gasteiger charge is 2.25. The van der Waals surface area contributed by atoms with Crippen molar-refractivity contribution in [1.29, 1.82) is 0 Å². The molecule has 1 amide bonds. The van der Waals surface area contributed by atoms with Crippen molar-refractivity contribution in [2.24, 2.45) is 0 Å². The van der Waals surface area contributed by atoms with Crippen LogP contribution in [-0.2, 0) is 4.79 Å². The molecule has 0 spiro atoms. The lowest BCUT2D eigenvalue weighted by Crippen LogP contribution is -2.03. The van der Waals surface area contributed by atoms with E-state index in [2.05, 4.69) is 21.2 Å². The molecule has 0 unspecified atom stereocenters. The fraction of sp³-hybridized carbons (Fsp3) is 0. The molecule has 0 saturated carbocycles. The summed E-state index contributed by atoms with van der Waals surface area (Å²) in [7, 11) is 0. The van der Waals surface area contributed by atoms with Crippen molar-refractivity contribution < 1.29 is 9.18 Å². The molecule has 1 aromatic carbocycles. The second-order valence-electron chi connectivity index (χ2n) is 5.39. The lowest BCUT2D eigenvalue weighted by molar-refractivity contribution is -0.110. The van der Waals surface area contributed by atoms with Crippen LogP contribution in [0.1, 0.15) is 11.1 Å². The minimum absolute atomic E-state index is 0.212. The van der Waals surface area contributed by atoms with E-state index in [0.717, 1.165) is 21.2 Å².